The summed E-state index contributed by atoms with van der Waals surface area (Å²) in [6.45, 7) is 2.20. The molecule has 0 unspecified atom stereocenters. The molecule has 0 radical (unpaired) electrons. The number of imidazole rings is 1. The smallest absolute Gasteiger partial charge is 0.257 e. The molecule has 1 aliphatic heterocycles. The number of hydrogen-bond donors (Lipinski definition) is 0. The Kier molecular flexibility index (Phi) is 4.17. The second-order valence-corrected chi connectivity index (χ2v) is 6.71. The molecule has 4 heterocycles. The molecule has 7 heteroatoms. The average Bonchev–Trinajstić information content (AvgIpc) is 3.37. The quantitative estimate of drug-likeness (QED) is 0.731. The van der Waals surface area contributed by atoms with Gasteiger partial charge in [-0.15, -0.1) is 11.3 Å². The van der Waals surface area contributed by atoms with Crippen molar-refractivity contribution in [3.05, 3.63) is 59.0 Å². The van der Waals surface area contributed by atoms with Gasteiger partial charge < -0.3 is 13.9 Å². The van der Waals surface area contributed by atoms with Crippen molar-refractivity contribution in [3.63, 3.8) is 0 Å². The van der Waals surface area contributed by atoms with Crippen LogP contribution in [0.25, 0.3) is 0 Å². The number of furan rings is 1. The fourth-order valence-electron chi connectivity index (χ4n) is 3.25. The molecule has 0 N–H and O–H groups in total. The lowest BCUT2D eigenvalue weighted by atomic mass is 9.96. The van der Waals surface area contributed by atoms with Gasteiger partial charge in [0, 0.05) is 36.8 Å². The van der Waals surface area contributed by atoms with Crippen molar-refractivity contribution in [2.75, 3.05) is 13.1 Å². The van der Waals surface area contributed by atoms with Crippen LogP contribution in [0.1, 0.15) is 40.6 Å². The van der Waals surface area contributed by atoms with Crippen molar-refractivity contribution in [1.29, 1.82) is 0 Å². The van der Waals surface area contributed by atoms with Crippen molar-refractivity contribution in [2.24, 2.45) is 0 Å². The highest BCUT2D eigenvalue weighted by atomic mass is 32.1. The maximum Gasteiger partial charge on any atom is 0.257 e. The maximum atomic E-state index is 12.5. The zero-order valence-corrected chi connectivity index (χ0v) is 14.0. The fourth-order valence-corrected chi connectivity index (χ4v) is 3.80. The van der Waals surface area contributed by atoms with Gasteiger partial charge in [-0.1, -0.05) is 0 Å². The fraction of sp³-hybridized carbons (Fsp3) is 0.353. The lowest BCUT2D eigenvalue weighted by Crippen LogP contribution is -2.39. The summed E-state index contributed by atoms with van der Waals surface area (Å²) in [7, 11) is 0. The van der Waals surface area contributed by atoms with Gasteiger partial charge in [-0.25, -0.2) is 9.97 Å². The van der Waals surface area contributed by atoms with Gasteiger partial charge in [0.15, 0.2) is 0 Å². The molecule has 124 valence electrons. The van der Waals surface area contributed by atoms with Gasteiger partial charge >= 0.3 is 0 Å². The van der Waals surface area contributed by atoms with Gasteiger partial charge in [-0.2, -0.15) is 0 Å². The minimum atomic E-state index is 0.0334. The van der Waals surface area contributed by atoms with E-state index in [9.17, 15) is 4.79 Å². The highest BCUT2D eigenvalue weighted by Crippen LogP contribution is 2.27. The molecule has 4 rings (SSSR count). The molecule has 0 aromatic carbocycles. The van der Waals surface area contributed by atoms with Crippen LogP contribution >= 0.6 is 11.3 Å². The van der Waals surface area contributed by atoms with Crippen LogP contribution in [0.15, 0.2) is 46.3 Å². The first-order valence-corrected chi connectivity index (χ1v) is 8.95. The van der Waals surface area contributed by atoms with E-state index in [-0.39, 0.29) is 11.8 Å². The number of nitrogens with zero attached hydrogens (tertiary/aromatic N) is 4. The molecule has 1 amide bonds. The zero-order valence-electron chi connectivity index (χ0n) is 13.2. The second-order valence-electron chi connectivity index (χ2n) is 6.00. The highest BCUT2D eigenvalue weighted by Gasteiger charge is 2.28. The summed E-state index contributed by atoms with van der Waals surface area (Å²) in [6.07, 6.45) is 8.90. The predicted octanol–water partition coefficient (Wildman–Crippen LogP) is 3.00. The van der Waals surface area contributed by atoms with Crippen LogP contribution in [0, 0.1) is 0 Å². The predicted molar refractivity (Wildman–Crippen MR) is 90.0 cm³/mol. The van der Waals surface area contributed by atoms with E-state index in [0.29, 0.717) is 12.1 Å². The van der Waals surface area contributed by atoms with E-state index in [1.165, 1.54) is 12.5 Å². The van der Waals surface area contributed by atoms with E-state index in [2.05, 4.69) is 19.9 Å². The summed E-state index contributed by atoms with van der Waals surface area (Å²) in [4.78, 5) is 23.4. The van der Waals surface area contributed by atoms with E-state index < -0.39 is 0 Å². The van der Waals surface area contributed by atoms with Gasteiger partial charge in [0.25, 0.3) is 5.91 Å². The number of carbonyl (C=O) groups excluding carboxylic acids is 1. The van der Waals surface area contributed by atoms with Gasteiger partial charge in [-0.05, 0) is 18.9 Å². The Balaban J connectivity index is 1.50. The minimum absolute atomic E-state index is 0.0334. The van der Waals surface area contributed by atoms with Crippen LogP contribution in [0.4, 0.5) is 0 Å². The van der Waals surface area contributed by atoms with E-state index >= 15 is 0 Å². The lowest BCUT2D eigenvalue weighted by Gasteiger charge is -2.32. The van der Waals surface area contributed by atoms with E-state index in [0.717, 1.165) is 37.4 Å². The van der Waals surface area contributed by atoms with E-state index in [1.54, 1.807) is 17.4 Å². The lowest BCUT2D eigenvalue weighted by molar-refractivity contribution is 0.0702. The molecule has 0 bridgehead atoms. The number of likely N-dealkylation sites (tertiary alicyclic amines) is 1. The summed E-state index contributed by atoms with van der Waals surface area (Å²) >= 11 is 1.60. The first-order chi connectivity index (χ1) is 11.8. The largest absolute Gasteiger partial charge is 0.472 e. The third kappa shape index (κ3) is 2.99. The Hall–Kier alpha value is -2.41. The Morgan fingerprint density at radius 1 is 1.42 bits per heavy atom. The SMILES string of the molecule is O=C(c1ccoc1)N1CCC[C@H](c2nccn2Cc2cscn2)C1. The maximum absolute atomic E-state index is 12.5. The van der Waals surface area contributed by atoms with E-state index in [1.807, 2.05) is 22.8 Å². The second kappa shape index (κ2) is 6.60. The molecule has 24 heavy (non-hydrogen) atoms. The van der Waals surface area contributed by atoms with Crippen molar-refractivity contribution in [1.82, 2.24) is 19.4 Å². The van der Waals surface area contributed by atoms with Crippen LogP contribution < -0.4 is 0 Å². The van der Waals surface area contributed by atoms with Gasteiger partial charge in [0.2, 0.25) is 0 Å². The summed E-state index contributed by atoms with van der Waals surface area (Å²) in [5.41, 5.74) is 3.50. The van der Waals surface area contributed by atoms with Gasteiger partial charge in [0.05, 0.1) is 29.6 Å². The number of piperidine rings is 1. The van der Waals surface area contributed by atoms with Gasteiger partial charge in [-0.3, -0.25) is 4.79 Å². The number of hydrogen-bond acceptors (Lipinski definition) is 5. The van der Waals surface area contributed by atoms with Crippen LogP contribution in [-0.2, 0) is 6.54 Å². The molecule has 3 aromatic heterocycles. The van der Waals surface area contributed by atoms with Gasteiger partial charge in [0.1, 0.15) is 12.1 Å². The molecule has 0 spiro atoms. The molecular formula is C17H18N4O2S. The minimum Gasteiger partial charge on any atom is -0.472 e. The molecule has 1 aliphatic rings. The number of rotatable bonds is 4. The Bertz CT molecular complexity index is 795. The molecule has 3 aromatic rings. The number of carbonyl (C=O) groups is 1. The van der Waals surface area contributed by atoms with Crippen molar-refractivity contribution >= 4 is 17.2 Å². The first-order valence-electron chi connectivity index (χ1n) is 8.01. The number of amides is 1. The topological polar surface area (TPSA) is 64.2 Å². The average molecular weight is 342 g/mol. The molecule has 0 aliphatic carbocycles. The van der Waals surface area contributed by atoms with Crippen molar-refractivity contribution < 1.29 is 9.21 Å². The summed E-state index contributed by atoms with van der Waals surface area (Å²) in [6, 6.07) is 1.72. The third-order valence-corrected chi connectivity index (χ3v) is 5.04. The summed E-state index contributed by atoms with van der Waals surface area (Å²) in [5.74, 6) is 1.32. The Morgan fingerprint density at radius 2 is 2.38 bits per heavy atom. The van der Waals surface area contributed by atoms with Crippen LogP contribution in [-0.4, -0.2) is 38.4 Å². The molecule has 1 fully saturated rings. The molecule has 1 atom stereocenters. The monoisotopic (exact) mass is 342 g/mol. The van der Waals surface area contributed by atoms with Crippen molar-refractivity contribution in [2.45, 2.75) is 25.3 Å². The zero-order chi connectivity index (χ0) is 16.4. The van der Waals surface area contributed by atoms with Crippen LogP contribution in [0.5, 0.6) is 0 Å². The molecule has 0 saturated carbocycles. The summed E-state index contributed by atoms with van der Waals surface area (Å²) < 4.78 is 7.18. The van der Waals surface area contributed by atoms with Crippen LogP contribution in [0.2, 0.25) is 0 Å². The highest BCUT2D eigenvalue weighted by molar-refractivity contribution is 7.07. The Morgan fingerprint density at radius 3 is 3.17 bits per heavy atom. The number of aromatic nitrogens is 3. The first kappa shape index (κ1) is 15.1. The van der Waals surface area contributed by atoms with Crippen LogP contribution in [0.3, 0.4) is 0 Å². The standard InChI is InChI=1S/C17H18N4O2S/c22-17(14-3-7-23-10-14)21-5-1-2-13(8-21)16-18-4-6-20(16)9-15-11-24-12-19-15/h3-4,6-7,10-13H,1-2,5,8-9H2/t13-/m0/s1. The normalized spacial score (nSPS) is 18.0. The third-order valence-electron chi connectivity index (χ3n) is 4.41. The summed E-state index contributed by atoms with van der Waals surface area (Å²) in [5, 5.41) is 2.05. The molecule has 6 nitrogen and oxygen atoms in total. The molecule has 1 saturated heterocycles. The number of thiazole rings is 1. The molecular weight excluding hydrogens is 324 g/mol. The Labute approximate surface area is 143 Å². The van der Waals surface area contributed by atoms with Crippen molar-refractivity contribution in [3.8, 4) is 0 Å². The van der Waals surface area contributed by atoms with E-state index in [4.69, 9.17) is 4.42 Å².